The second-order valence-electron chi connectivity index (χ2n) is 6.98. The summed E-state index contributed by atoms with van der Waals surface area (Å²) in [6.45, 7) is 6.01. The molecule has 0 radical (unpaired) electrons. The smallest absolute Gasteiger partial charge is 0.148 e. The van der Waals surface area contributed by atoms with Crippen LogP contribution in [0.5, 0.6) is 0 Å². The highest BCUT2D eigenvalue weighted by molar-refractivity contribution is 7.90. The van der Waals surface area contributed by atoms with Crippen LogP contribution in [0.3, 0.4) is 0 Å². The lowest BCUT2D eigenvalue weighted by atomic mass is 9.83. The van der Waals surface area contributed by atoms with E-state index in [1.165, 1.54) is 11.8 Å². The van der Waals surface area contributed by atoms with E-state index < -0.39 is 9.84 Å². The molecule has 1 aromatic rings. The first-order chi connectivity index (χ1) is 9.07. The SMILES string of the molecule is CC(N)C1(c2ccc(C(C)(C)CS(C)(=O)=O)cc2)CC1. The topological polar surface area (TPSA) is 60.2 Å². The van der Waals surface area contributed by atoms with Crippen molar-refractivity contribution in [2.45, 2.75) is 50.5 Å². The summed E-state index contributed by atoms with van der Waals surface area (Å²) < 4.78 is 23.1. The molecule has 0 heterocycles. The fourth-order valence-corrected chi connectivity index (χ4v) is 4.61. The molecule has 0 aliphatic heterocycles. The van der Waals surface area contributed by atoms with Crippen LogP contribution < -0.4 is 5.73 Å². The van der Waals surface area contributed by atoms with Gasteiger partial charge in [0, 0.05) is 23.1 Å². The number of benzene rings is 1. The van der Waals surface area contributed by atoms with Crippen molar-refractivity contribution in [1.29, 1.82) is 0 Å². The quantitative estimate of drug-likeness (QED) is 0.907. The first-order valence-corrected chi connectivity index (χ1v) is 9.17. The minimum atomic E-state index is -2.99. The van der Waals surface area contributed by atoms with Crippen LogP contribution in [0.25, 0.3) is 0 Å². The first-order valence-electron chi connectivity index (χ1n) is 7.11. The highest BCUT2D eigenvalue weighted by Gasteiger charge is 2.47. The van der Waals surface area contributed by atoms with Gasteiger partial charge in [0.1, 0.15) is 9.84 Å². The van der Waals surface area contributed by atoms with Gasteiger partial charge in [-0.2, -0.15) is 0 Å². The molecule has 20 heavy (non-hydrogen) atoms. The zero-order chi connectivity index (χ0) is 15.2. The van der Waals surface area contributed by atoms with E-state index in [0.29, 0.717) is 0 Å². The van der Waals surface area contributed by atoms with Crippen molar-refractivity contribution in [2.24, 2.45) is 5.73 Å². The van der Waals surface area contributed by atoms with Crippen LogP contribution in [0.4, 0.5) is 0 Å². The molecule has 1 unspecified atom stereocenters. The average Bonchev–Trinajstić information content (AvgIpc) is 3.07. The minimum absolute atomic E-state index is 0.152. The van der Waals surface area contributed by atoms with Gasteiger partial charge in [-0.25, -0.2) is 8.42 Å². The molecular weight excluding hydrogens is 270 g/mol. The summed E-state index contributed by atoms with van der Waals surface area (Å²) >= 11 is 0. The third-order valence-corrected chi connectivity index (χ3v) is 5.77. The molecule has 1 aliphatic carbocycles. The van der Waals surface area contributed by atoms with Gasteiger partial charge < -0.3 is 5.73 Å². The fourth-order valence-electron chi connectivity index (χ4n) is 3.13. The molecule has 0 aromatic heterocycles. The summed E-state index contributed by atoms with van der Waals surface area (Å²) in [5.41, 5.74) is 8.23. The van der Waals surface area contributed by atoms with E-state index in [4.69, 9.17) is 5.73 Å². The summed E-state index contributed by atoms with van der Waals surface area (Å²) in [4.78, 5) is 0. The number of rotatable bonds is 5. The normalized spacial score (nSPS) is 19.6. The third-order valence-electron chi connectivity index (χ3n) is 4.52. The maximum absolute atomic E-state index is 11.5. The van der Waals surface area contributed by atoms with Crippen molar-refractivity contribution in [3.8, 4) is 0 Å². The largest absolute Gasteiger partial charge is 0.327 e. The van der Waals surface area contributed by atoms with Crippen molar-refractivity contribution >= 4 is 9.84 Å². The maximum atomic E-state index is 11.5. The van der Waals surface area contributed by atoms with Crippen LogP contribution in [-0.2, 0) is 20.7 Å². The average molecular weight is 295 g/mol. The predicted octanol–water partition coefficient (Wildman–Crippen LogP) is 2.39. The van der Waals surface area contributed by atoms with Gasteiger partial charge in [0.25, 0.3) is 0 Å². The molecule has 0 bridgehead atoms. The molecular formula is C16H25NO2S. The van der Waals surface area contributed by atoms with E-state index >= 15 is 0 Å². The monoisotopic (exact) mass is 295 g/mol. The lowest BCUT2D eigenvalue weighted by Gasteiger charge is -2.26. The fraction of sp³-hybridized carbons (Fsp3) is 0.625. The van der Waals surface area contributed by atoms with Gasteiger partial charge in [0.15, 0.2) is 0 Å². The Bertz CT molecular complexity index is 581. The van der Waals surface area contributed by atoms with E-state index in [1.807, 2.05) is 13.8 Å². The van der Waals surface area contributed by atoms with Gasteiger partial charge in [-0.05, 0) is 30.9 Å². The molecule has 1 aromatic carbocycles. The van der Waals surface area contributed by atoms with Gasteiger partial charge in [0.05, 0.1) is 5.75 Å². The van der Waals surface area contributed by atoms with Crippen molar-refractivity contribution in [3.05, 3.63) is 35.4 Å². The van der Waals surface area contributed by atoms with Crippen LogP contribution in [0.15, 0.2) is 24.3 Å². The molecule has 0 saturated heterocycles. The molecule has 2 rings (SSSR count). The lowest BCUT2D eigenvalue weighted by Crippen LogP contribution is -2.32. The second kappa shape index (κ2) is 4.85. The van der Waals surface area contributed by atoms with Crippen LogP contribution in [0.1, 0.15) is 44.7 Å². The molecule has 1 fully saturated rings. The van der Waals surface area contributed by atoms with E-state index in [2.05, 4.69) is 31.2 Å². The van der Waals surface area contributed by atoms with Gasteiger partial charge >= 0.3 is 0 Å². The van der Waals surface area contributed by atoms with E-state index in [1.54, 1.807) is 0 Å². The summed E-state index contributed by atoms with van der Waals surface area (Å²) in [5.74, 6) is 0.164. The van der Waals surface area contributed by atoms with Gasteiger partial charge in [-0.1, -0.05) is 38.1 Å². The second-order valence-corrected chi connectivity index (χ2v) is 9.12. The third kappa shape index (κ3) is 3.07. The van der Waals surface area contributed by atoms with Gasteiger partial charge in [-0.3, -0.25) is 0 Å². The van der Waals surface area contributed by atoms with E-state index in [-0.39, 0.29) is 22.6 Å². The van der Waals surface area contributed by atoms with Crippen LogP contribution in [0, 0.1) is 0 Å². The van der Waals surface area contributed by atoms with Crippen molar-refractivity contribution in [1.82, 2.24) is 0 Å². The van der Waals surface area contributed by atoms with Crippen molar-refractivity contribution in [2.75, 3.05) is 12.0 Å². The highest BCUT2D eigenvalue weighted by Crippen LogP contribution is 2.50. The van der Waals surface area contributed by atoms with Gasteiger partial charge in [0.2, 0.25) is 0 Å². The highest BCUT2D eigenvalue weighted by atomic mass is 32.2. The number of nitrogens with two attached hydrogens (primary N) is 1. The predicted molar refractivity (Wildman–Crippen MR) is 83.7 cm³/mol. The van der Waals surface area contributed by atoms with Crippen LogP contribution in [-0.4, -0.2) is 26.5 Å². The molecule has 3 nitrogen and oxygen atoms in total. The molecule has 1 aliphatic rings. The summed E-state index contributed by atoms with van der Waals surface area (Å²) in [6.07, 6.45) is 3.59. The van der Waals surface area contributed by atoms with E-state index in [0.717, 1.165) is 18.4 Å². The standard InChI is InChI=1S/C16H25NO2S/c1-12(17)16(9-10-16)14-7-5-13(6-8-14)15(2,3)11-20(4,18)19/h5-8,12H,9-11,17H2,1-4H3. The first kappa shape index (κ1) is 15.5. The molecule has 112 valence electrons. The van der Waals surface area contributed by atoms with Crippen LogP contribution >= 0.6 is 0 Å². The Balaban J connectivity index is 2.25. The molecule has 0 amide bonds. The molecule has 2 N–H and O–H groups in total. The number of hydrogen-bond donors (Lipinski definition) is 1. The number of sulfone groups is 1. The van der Waals surface area contributed by atoms with Crippen molar-refractivity contribution in [3.63, 3.8) is 0 Å². The molecule has 4 heteroatoms. The molecule has 1 saturated carbocycles. The Kier molecular flexibility index (Phi) is 3.76. The number of hydrogen-bond acceptors (Lipinski definition) is 3. The maximum Gasteiger partial charge on any atom is 0.148 e. The van der Waals surface area contributed by atoms with Crippen LogP contribution in [0.2, 0.25) is 0 Å². The summed E-state index contributed by atoms with van der Waals surface area (Å²) in [6, 6.07) is 8.52. The Labute approximate surface area is 122 Å². The van der Waals surface area contributed by atoms with Gasteiger partial charge in [-0.15, -0.1) is 0 Å². The van der Waals surface area contributed by atoms with Crippen molar-refractivity contribution < 1.29 is 8.42 Å². The Morgan fingerprint density at radius 3 is 2.10 bits per heavy atom. The molecule has 1 atom stereocenters. The summed E-state index contributed by atoms with van der Waals surface area (Å²) in [7, 11) is -2.99. The Morgan fingerprint density at radius 1 is 1.25 bits per heavy atom. The summed E-state index contributed by atoms with van der Waals surface area (Å²) in [5, 5.41) is 0. The minimum Gasteiger partial charge on any atom is -0.327 e. The van der Waals surface area contributed by atoms with E-state index in [9.17, 15) is 8.42 Å². The molecule has 0 spiro atoms. The Morgan fingerprint density at radius 2 is 1.75 bits per heavy atom. The lowest BCUT2D eigenvalue weighted by molar-refractivity contribution is 0.546. The zero-order valence-electron chi connectivity index (χ0n) is 12.8. The Hall–Kier alpha value is -0.870. The zero-order valence-corrected chi connectivity index (χ0v) is 13.6.